The third-order valence-electron chi connectivity index (χ3n) is 3.67. The smallest absolute Gasteiger partial charge is 0.118 e. The highest BCUT2D eigenvalue weighted by molar-refractivity contribution is 5.39. The first-order valence-corrected chi connectivity index (χ1v) is 6.66. The summed E-state index contributed by atoms with van der Waals surface area (Å²) in [6, 6.07) is 11.0. The van der Waals surface area contributed by atoms with Crippen LogP contribution in [-0.4, -0.2) is 13.2 Å². The van der Waals surface area contributed by atoms with Crippen LogP contribution in [0.1, 0.15) is 35.6 Å². The first-order valence-electron chi connectivity index (χ1n) is 6.66. The maximum Gasteiger partial charge on any atom is 0.118 e. The first-order chi connectivity index (χ1) is 9.17. The van der Waals surface area contributed by atoms with Crippen molar-refractivity contribution in [3.63, 3.8) is 0 Å². The summed E-state index contributed by atoms with van der Waals surface area (Å²) in [7, 11) is 1.69. The molecule has 1 aliphatic rings. The van der Waals surface area contributed by atoms with E-state index in [0.717, 1.165) is 23.7 Å². The molecule has 2 heterocycles. The number of methoxy groups -OCH3 is 1. The number of nitrogens with one attached hydrogen (secondary N) is 1. The van der Waals surface area contributed by atoms with Crippen LogP contribution in [-0.2, 0) is 6.42 Å². The third kappa shape index (κ3) is 2.26. The molecule has 19 heavy (non-hydrogen) atoms. The highest BCUT2D eigenvalue weighted by Crippen LogP contribution is 2.33. The molecule has 0 radical (unpaired) electrons. The molecule has 3 nitrogen and oxygen atoms in total. The van der Waals surface area contributed by atoms with Crippen molar-refractivity contribution >= 4 is 0 Å². The lowest BCUT2D eigenvalue weighted by Crippen LogP contribution is -2.37. The van der Waals surface area contributed by atoms with Gasteiger partial charge in [-0.25, -0.2) is 0 Å². The molecule has 1 aromatic heterocycles. The molecule has 0 spiro atoms. The number of hydrogen-bond donors (Lipinski definition) is 1. The van der Waals surface area contributed by atoms with Crippen LogP contribution in [0.15, 0.2) is 34.7 Å². The van der Waals surface area contributed by atoms with Gasteiger partial charge in [-0.05, 0) is 37.6 Å². The van der Waals surface area contributed by atoms with Crippen molar-refractivity contribution in [2.75, 3.05) is 7.11 Å². The normalized spacial score (nSPS) is 22.1. The number of fused-ring (bicyclic) bond motifs is 1. The fourth-order valence-corrected chi connectivity index (χ4v) is 2.77. The number of aryl methyl sites for hydroxylation is 1. The van der Waals surface area contributed by atoms with Gasteiger partial charge in [0.05, 0.1) is 13.2 Å². The number of benzene rings is 1. The summed E-state index contributed by atoms with van der Waals surface area (Å²) < 4.78 is 11.0. The Morgan fingerprint density at radius 2 is 2.00 bits per heavy atom. The summed E-state index contributed by atoms with van der Waals surface area (Å²) in [6.07, 6.45) is 0.954. The fourth-order valence-electron chi connectivity index (χ4n) is 2.77. The van der Waals surface area contributed by atoms with E-state index < -0.39 is 0 Å². The predicted molar refractivity (Wildman–Crippen MR) is 74.6 cm³/mol. The van der Waals surface area contributed by atoms with Gasteiger partial charge in [-0.15, -0.1) is 0 Å². The number of rotatable bonds is 2. The Morgan fingerprint density at radius 1 is 1.26 bits per heavy atom. The van der Waals surface area contributed by atoms with Crippen LogP contribution in [0.2, 0.25) is 0 Å². The highest BCUT2D eigenvalue weighted by atomic mass is 16.5. The van der Waals surface area contributed by atoms with Crippen molar-refractivity contribution in [3.8, 4) is 5.75 Å². The van der Waals surface area contributed by atoms with Gasteiger partial charge in [0.2, 0.25) is 0 Å². The molecular weight excluding hydrogens is 238 g/mol. The summed E-state index contributed by atoms with van der Waals surface area (Å²) in [4.78, 5) is 0. The van der Waals surface area contributed by atoms with E-state index in [4.69, 9.17) is 9.15 Å². The van der Waals surface area contributed by atoms with Crippen LogP contribution in [0.4, 0.5) is 0 Å². The van der Waals surface area contributed by atoms with E-state index in [-0.39, 0.29) is 6.04 Å². The van der Waals surface area contributed by atoms with E-state index in [2.05, 4.69) is 30.4 Å². The molecule has 0 fully saturated rings. The van der Waals surface area contributed by atoms with Crippen LogP contribution in [0.5, 0.6) is 5.75 Å². The number of furan rings is 1. The van der Waals surface area contributed by atoms with Crippen molar-refractivity contribution in [1.29, 1.82) is 0 Å². The molecule has 2 aromatic rings. The molecule has 2 atom stereocenters. The summed E-state index contributed by atoms with van der Waals surface area (Å²) >= 11 is 0. The van der Waals surface area contributed by atoms with Crippen molar-refractivity contribution in [2.24, 2.45) is 0 Å². The van der Waals surface area contributed by atoms with E-state index in [1.807, 2.05) is 19.1 Å². The zero-order valence-corrected chi connectivity index (χ0v) is 11.6. The minimum atomic E-state index is 0.210. The van der Waals surface area contributed by atoms with Gasteiger partial charge < -0.3 is 14.5 Å². The van der Waals surface area contributed by atoms with Crippen LogP contribution in [0.3, 0.4) is 0 Å². The summed E-state index contributed by atoms with van der Waals surface area (Å²) in [6.45, 7) is 4.20. The van der Waals surface area contributed by atoms with E-state index in [9.17, 15) is 0 Å². The third-order valence-corrected chi connectivity index (χ3v) is 3.67. The Bertz CT molecular complexity index is 571. The Morgan fingerprint density at radius 3 is 2.68 bits per heavy atom. The molecule has 3 rings (SSSR count). The lowest BCUT2D eigenvalue weighted by molar-refractivity contribution is 0.391. The summed E-state index contributed by atoms with van der Waals surface area (Å²) in [5, 5.41) is 3.64. The minimum Gasteiger partial charge on any atom is -0.497 e. The van der Waals surface area contributed by atoms with E-state index >= 15 is 0 Å². The summed E-state index contributed by atoms with van der Waals surface area (Å²) in [5.41, 5.74) is 2.51. The lowest BCUT2D eigenvalue weighted by atomic mass is 9.92. The van der Waals surface area contributed by atoms with Crippen LogP contribution < -0.4 is 10.1 Å². The topological polar surface area (TPSA) is 34.4 Å². The molecule has 0 amide bonds. The molecule has 0 aliphatic carbocycles. The zero-order valence-electron chi connectivity index (χ0n) is 11.6. The maximum absolute atomic E-state index is 5.81. The molecule has 1 aromatic carbocycles. The predicted octanol–water partition coefficient (Wildman–Crippen LogP) is 3.22. The molecule has 1 N–H and O–H groups in total. The zero-order chi connectivity index (χ0) is 13.4. The second-order valence-electron chi connectivity index (χ2n) is 5.21. The van der Waals surface area contributed by atoms with Crippen LogP contribution in [0, 0.1) is 6.92 Å². The van der Waals surface area contributed by atoms with E-state index in [1.165, 1.54) is 11.1 Å². The Hall–Kier alpha value is -1.74. The average Bonchev–Trinajstić information content (AvgIpc) is 2.78. The maximum atomic E-state index is 5.81. The molecule has 1 aliphatic heterocycles. The van der Waals surface area contributed by atoms with Crippen molar-refractivity contribution in [2.45, 2.75) is 32.4 Å². The lowest BCUT2D eigenvalue weighted by Gasteiger charge is -2.28. The van der Waals surface area contributed by atoms with Crippen LogP contribution >= 0.6 is 0 Å². The second-order valence-corrected chi connectivity index (χ2v) is 5.21. The van der Waals surface area contributed by atoms with Crippen molar-refractivity contribution < 1.29 is 9.15 Å². The van der Waals surface area contributed by atoms with Gasteiger partial charge in [-0.3, -0.25) is 0 Å². The minimum absolute atomic E-state index is 0.210. The van der Waals surface area contributed by atoms with Gasteiger partial charge >= 0.3 is 0 Å². The Balaban J connectivity index is 1.99. The first kappa shape index (κ1) is 12.3. The second kappa shape index (κ2) is 4.74. The highest BCUT2D eigenvalue weighted by Gasteiger charge is 2.28. The molecule has 0 saturated heterocycles. The van der Waals surface area contributed by atoms with Gasteiger partial charge in [0.15, 0.2) is 0 Å². The monoisotopic (exact) mass is 257 g/mol. The van der Waals surface area contributed by atoms with Gasteiger partial charge in [-0.1, -0.05) is 12.1 Å². The van der Waals surface area contributed by atoms with E-state index in [0.29, 0.717) is 6.04 Å². The number of ether oxygens (including phenoxy) is 1. The van der Waals surface area contributed by atoms with E-state index in [1.54, 1.807) is 7.11 Å². The van der Waals surface area contributed by atoms with Gasteiger partial charge in [0.25, 0.3) is 0 Å². The molecule has 0 saturated carbocycles. The number of hydrogen-bond acceptors (Lipinski definition) is 3. The summed E-state index contributed by atoms with van der Waals surface area (Å²) in [5.74, 6) is 2.99. The van der Waals surface area contributed by atoms with Crippen molar-refractivity contribution in [3.05, 3.63) is 53.0 Å². The van der Waals surface area contributed by atoms with Crippen molar-refractivity contribution in [1.82, 2.24) is 5.32 Å². The molecule has 0 bridgehead atoms. The molecule has 2 unspecified atom stereocenters. The molecular formula is C16H19NO2. The van der Waals surface area contributed by atoms with Gasteiger partial charge in [0.1, 0.15) is 17.3 Å². The largest absolute Gasteiger partial charge is 0.497 e. The van der Waals surface area contributed by atoms with Crippen LogP contribution in [0.25, 0.3) is 0 Å². The SMILES string of the molecule is COc1ccc(C2NC(C)Cc3oc(C)cc32)cc1. The fraction of sp³-hybridized carbons (Fsp3) is 0.375. The standard InChI is InChI=1S/C16H19NO2/c1-10-8-15-14(9-11(2)19-15)16(17-10)12-4-6-13(18-3)7-5-12/h4-7,9-10,16-17H,8H2,1-3H3. The Labute approximate surface area is 113 Å². The molecule has 3 heteroatoms. The van der Waals surface area contributed by atoms with Gasteiger partial charge in [-0.2, -0.15) is 0 Å². The van der Waals surface area contributed by atoms with Gasteiger partial charge in [0, 0.05) is 18.0 Å². The molecule has 100 valence electrons. The Kier molecular flexibility index (Phi) is 3.07. The quantitative estimate of drug-likeness (QED) is 0.897. The average molecular weight is 257 g/mol.